The Hall–Kier alpha value is -3.34. The van der Waals surface area contributed by atoms with Crippen molar-refractivity contribution in [2.45, 2.75) is 18.0 Å². The highest BCUT2D eigenvalue weighted by molar-refractivity contribution is 5.62. The van der Waals surface area contributed by atoms with Gasteiger partial charge in [-0.05, 0) is 59.5 Å². The second kappa shape index (κ2) is 7.95. The molecule has 0 saturated carbocycles. The molecule has 0 spiro atoms. The third-order valence-corrected chi connectivity index (χ3v) is 5.20. The standard InChI is InChI=1S/C25H26N4/c26-21-7-11-24(12-8-21)29-23-9-3-19(4-10-23)17-18-1-5-20(6-2-18)25(28)15-13-22(27)14-16-25/h1-16,22,29H,17,26-28H2. The molecule has 7 N–H and O–H groups in total. The Bertz CT molecular complexity index is 1000. The summed E-state index contributed by atoms with van der Waals surface area (Å²) >= 11 is 0. The van der Waals surface area contributed by atoms with Gasteiger partial charge in [-0.3, -0.25) is 0 Å². The minimum absolute atomic E-state index is 0.0524. The summed E-state index contributed by atoms with van der Waals surface area (Å²) in [6, 6.07) is 24.6. The van der Waals surface area contributed by atoms with Crippen LogP contribution in [0, 0.1) is 0 Å². The third kappa shape index (κ3) is 4.57. The molecule has 3 aromatic carbocycles. The van der Waals surface area contributed by atoms with Crippen molar-refractivity contribution in [2.24, 2.45) is 11.5 Å². The van der Waals surface area contributed by atoms with Crippen LogP contribution in [0.4, 0.5) is 17.1 Å². The largest absolute Gasteiger partial charge is 0.399 e. The molecule has 0 bridgehead atoms. The number of rotatable bonds is 5. The van der Waals surface area contributed by atoms with Crippen LogP contribution in [0.2, 0.25) is 0 Å². The maximum absolute atomic E-state index is 6.49. The Morgan fingerprint density at radius 3 is 1.76 bits per heavy atom. The van der Waals surface area contributed by atoms with Crippen molar-refractivity contribution in [1.29, 1.82) is 0 Å². The van der Waals surface area contributed by atoms with E-state index in [1.807, 2.05) is 48.6 Å². The van der Waals surface area contributed by atoms with Gasteiger partial charge in [0.2, 0.25) is 0 Å². The molecular weight excluding hydrogens is 356 g/mol. The van der Waals surface area contributed by atoms with E-state index in [9.17, 15) is 0 Å². The zero-order valence-electron chi connectivity index (χ0n) is 16.3. The lowest BCUT2D eigenvalue weighted by Crippen LogP contribution is -2.35. The van der Waals surface area contributed by atoms with Crippen LogP contribution in [-0.2, 0) is 12.0 Å². The molecule has 0 heterocycles. The second-order valence-corrected chi connectivity index (χ2v) is 7.55. The molecule has 0 amide bonds. The predicted octanol–water partition coefficient (Wildman–Crippen LogP) is 4.21. The van der Waals surface area contributed by atoms with Crippen molar-refractivity contribution in [2.75, 3.05) is 11.1 Å². The molecule has 4 rings (SSSR count). The number of anilines is 3. The van der Waals surface area contributed by atoms with Crippen molar-refractivity contribution in [3.05, 3.63) is 114 Å². The first kappa shape index (κ1) is 19.0. The molecule has 0 radical (unpaired) electrons. The van der Waals surface area contributed by atoms with Gasteiger partial charge in [-0.2, -0.15) is 0 Å². The molecule has 4 nitrogen and oxygen atoms in total. The van der Waals surface area contributed by atoms with Gasteiger partial charge in [-0.25, -0.2) is 0 Å². The second-order valence-electron chi connectivity index (χ2n) is 7.55. The molecule has 4 heteroatoms. The van der Waals surface area contributed by atoms with Crippen LogP contribution in [0.1, 0.15) is 16.7 Å². The van der Waals surface area contributed by atoms with Crippen LogP contribution in [0.25, 0.3) is 0 Å². The maximum atomic E-state index is 6.49. The van der Waals surface area contributed by atoms with E-state index in [2.05, 4.69) is 53.8 Å². The van der Waals surface area contributed by atoms with Gasteiger partial charge >= 0.3 is 0 Å². The highest BCUT2D eigenvalue weighted by Gasteiger charge is 2.23. The van der Waals surface area contributed by atoms with Crippen LogP contribution in [-0.4, -0.2) is 6.04 Å². The van der Waals surface area contributed by atoms with E-state index in [1.165, 1.54) is 11.1 Å². The smallest absolute Gasteiger partial charge is 0.0783 e. The van der Waals surface area contributed by atoms with Crippen LogP contribution >= 0.6 is 0 Å². The van der Waals surface area contributed by atoms with Gasteiger partial charge in [0, 0.05) is 23.1 Å². The summed E-state index contributed by atoms with van der Waals surface area (Å²) in [5, 5.41) is 3.38. The van der Waals surface area contributed by atoms with E-state index in [0.29, 0.717) is 0 Å². The van der Waals surface area contributed by atoms with E-state index >= 15 is 0 Å². The van der Waals surface area contributed by atoms with Crippen molar-refractivity contribution < 1.29 is 0 Å². The van der Waals surface area contributed by atoms with E-state index in [4.69, 9.17) is 17.2 Å². The lowest BCUT2D eigenvalue weighted by molar-refractivity contribution is 0.688. The van der Waals surface area contributed by atoms with Gasteiger partial charge in [0.05, 0.1) is 5.54 Å². The van der Waals surface area contributed by atoms with Gasteiger partial charge in [0.15, 0.2) is 0 Å². The highest BCUT2D eigenvalue weighted by atomic mass is 14.9. The zero-order chi connectivity index (χ0) is 20.3. The molecule has 0 fully saturated rings. The van der Waals surface area contributed by atoms with E-state index in [-0.39, 0.29) is 6.04 Å². The first-order valence-electron chi connectivity index (χ1n) is 9.74. The van der Waals surface area contributed by atoms with Crippen molar-refractivity contribution in [3.8, 4) is 0 Å². The average molecular weight is 383 g/mol. The Morgan fingerprint density at radius 1 is 0.724 bits per heavy atom. The first-order chi connectivity index (χ1) is 14.0. The Morgan fingerprint density at radius 2 is 1.21 bits per heavy atom. The molecule has 0 aliphatic heterocycles. The summed E-state index contributed by atoms with van der Waals surface area (Å²) in [4.78, 5) is 0. The molecule has 29 heavy (non-hydrogen) atoms. The van der Waals surface area contributed by atoms with Gasteiger partial charge in [0.25, 0.3) is 0 Å². The fourth-order valence-electron chi connectivity index (χ4n) is 3.44. The molecule has 1 aliphatic carbocycles. The fourth-order valence-corrected chi connectivity index (χ4v) is 3.44. The molecule has 146 valence electrons. The number of benzene rings is 3. The molecule has 3 aromatic rings. The van der Waals surface area contributed by atoms with Crippen molar-refractivity contribution in [3.63, 3.8) is 0 Å². The summed E-state index contributed by atoms with van der Waals surface area (Å²) < 4.78 is 0. The average Bonchev–Trinajstić information content (AvgIpc) is 2.74. The number of hydrogen-bond donors (Lipinski definition) is 4. The van der Waals surface area contributed by atoms with Crippen LogP contribution < -0.4 is 22.5 Å². The van der Waals surface area contributed by atoms with Gasteiger partial charge in [-0.15, -0.1) is 0 Å². The van der Waals surface area contributed by atoms with E-state index in [1.54, 1.807) is 0 Å². The van der Waals surface area contributed by atoms with Crippen LogP contribution in [0.3, 0.4) is 0 Å². The lowest BCUT2D eigenvalue weighted by Gasteiger charge is -2.26. The van der Waals surface area contributed by atoms with Gasteiger partial charge in [0.1, 0.15) is 0 Å². The zero-order valence-corrected chi connectivity index (χ0v) is 16.3. The minimum atomic E-state index is -0.580. The fraction of sp³-hybridized carbons (Fsp3) is 0.120. The predicted molar refractivity (Wildman–Crippen MR) is 122 cm³/mol. The molecule has 0 saturated heterocycles. The summed E-state index contributed by atoms with van der Waals surface area (Å²) in [7, 11) is 0. The topological polar surface area (TPSA) is 90.1 Å². The molecular formula is C25H26N4. The number of hydrogen-bond acceptors (Lipinski definition) is 4. The Kier molecular flexibility index (Phi) is 5.21. The molecule has 0 unspecified atom stereocenters. The van der Waals surface area contributed by atoms with Crippen molar-refractivity contribution >= 4 is 17.1 Å². The third-order valence-electron chi connectivity index (χ3n) is 5.20. The minimum Gasteiger partial charge on any atom is -0.399 e. The monoisotopic (exact) mass is 382 g/mol. The SMILES string of the molecule is Nc1ccc(Nc2ccc(Cc3ccc(C4(N)C=CC(N)C=C4)cc3)cc2)cc1. The normalized spacial score (nSPS) is 20.6. The molecule has 0 aromatic heterocycles. The molecule has 0 atom stereocenters. The van der Waals surface area contributed by atoms with E-state index < -0.39 is 5.54 Å². The first-order valence-corrected chi connectivity index (χ1v) is 9.74. The summed E-state index contributed by atoms with van der Waals surface area (Å²) in [5.74, 6) is 0. The summed E-state index contributed by atoms with van der Waals surface area (Å²) in [6.07, 6.45) is 8.69. The summed E-state index contributed by atoms with van der Waals surface area (Å²) in [6.45, 7) is 0. The lowest BCUT2D eigenvalue weighted by atomic mass is 9.85. The quantitative estimate of drug-likeness (QED) is 0.393. The maximum Gasteiger partial charge on any atom is 0.0783 e. The summed E-state index contributed by atoms with van der Waals surface area (Å²) in [5.41, 5.74) is 23.9. The Balaban J connectivity index is 1.41. The van der Waals surface area contributed by atoms with Crippen molar-refractivity contribution in [1.82, 2.24) is 0 Å². The Labute approximate surface area is 171 Å². The van der Waals surface area contributed by atoms with Gasteiger partial charge < -0.3 is 22.5 Å². The van der Waals surface area contributed by atoms with Gasteiger partial charge in [-0.1, -0.05) is 60.7 Å². The number of nitrogen functional groups attached to an aromatic ring is 1. The highest BCUT2D eigenvalue weighted by Crippen LogP contribution is 2.26. The molecule has 1 aliphatic rings. The number of nitrogens with two attached hydrogens (primary N) is 3. The van der Waals surface area contributed by atoms with E-state index in [0.717, 1.165) is 29.0 Å². The van der Waals surface area contributed by atoms with Crippen LogP contribution in [0.15, 0.2) is 97.1 Å². The van der Waals surface area contributed by atoms with Crippen LogP contribution in [0.5, 0.6) is 0 Å². The number of nitrogens with one attached hydrogen (secondary N) is 1.